The monoisotopic (exact) mass is 299 g/mol. The highest BCUT2D eigenvalue weighted by atomic mass is 32.2. The van der Waals surface area contributed by atoms with Gasteiger partial charge < -0.3 is 0 Å². The maximum absolute atomic E-state index is 11.9. The van der Waals surface area contributed by atoms with Gasteiger partial charge in [-0.15, -0.1) is 11.8 Å². The van der Waals surface area contributed by atoms with Crippen molar-refractivity contribution < 1.29 is 4.79 Å². The number of pyridine rings is 1. The van der Waals surface area contributed by atoms with Crippen molar-refractivity contribution in [1.82, 2.24) is 10.4 Å². The number of hydrogen-bond acceptors (Lipinski definition) is 4. The summed E-state index contributed by atoms with van der Waals surface area (Å²) in [6, 6.07) is 13.7. The zero-order valence-electron chi connectivity index (χ0n) is 11.8. The molecule has 0 aliphatic carbocycles. The van der Waals surface area contributed by atoms with E-state index in [1.165, 1.54) is 5.56 Å². The normalized spacial score (nSPS) is 12.2. The van der Waals surface area contributed by atoms with Gasteiger partial charge in [-0.2, -0.15) is 5.10 Å². The van der Waals surface area contributed by atoms with Crippen LogP contribution in [0.1, 0.15) is 18.1 Å². The van der Waals surface area contributed by atoms with Crippen molar-refractivity contribution in [2.75, 3.05) is 0 Å². The summed E-state index contributed by atoms with van der Waals surface area (Å²) in [5.41, 5.74) is 4.67. The average molecular weight is 299 g/mol. The van der Waals surface area contributed by atoms with Crippen LogP contribution in [0, 0.1) is 0 Å². The lowest BCUT2D eigenvalue weighted by atomic mass is 10.2. The van der Waals surface area contributed by atoms with E-state index >= 15 is 0 Å². The van der Waals surface area contributed by atoms with E-state index in [9.17, 15) is 4.79 Å². The van der Waals surface area contributed by atoms with Crippen LogP contribution >= 0.6 is 11.8 Å². The number of amides is 1. The first kappa shape index (κ1) is 15.3. The van der Waals surface area contributed by atoms with Crippen LogP contribution in [0.25, 0.3) is 0 Å². The summed E-state index contributed by atoms with van der Waals surface area (Å²) < 4.78 is 0. The molecule has 0 fully saturated rings. The van der Waals surface area contributed by atoms with E-state index in [0.717, 1.165) is 11.3 Å². The van der Waals surface area contributed by atoms with E-state index in [1.807, 2.05) is 37.3 Å². The molecule has 0 unspecified atom stereocenters. The molecule has 0 saturated carbocycles. The zero-order chi connectivity index (χ0) is 14.9. The number of nitrogens with zero attached hydrogens (tertiary/aromatic N) is 2. The molecule has 2 rings (SSSR count). The molecule has 0 bridgehead atoms. The molecule has 21 heavy (non-hydrogen) atoms. The number of benzene rings is 1. The van der Waals surface area contributed by atoms with Crippen LogP contribution in [0.2, 0.25) is 0 Å². The third kappa shape index (κ3) is 5.39. The van der Waals surface area contributed by atoms with Crippen LogP contribution in [0.3, 0.4) is 0 Å². The first-order valence-electron chi connectivity index (χ1n) is 6.64. The molecular weight excluding hydrogens is 282 g/mol. The van der Waals surface area contributed by atoms with Crippen LogP contribution in [0.5, 0.6) is 0 Å². The smallest absolute Gasteiger partial charge is 0.252 e. The number of thioether (sulfide) groups is 1. The maximum atomic E-state index is 11.9. The number of carbonyl (C=O) groups excluding carboxylic acids is 1. The van der Waals surface area contributed by atoms with Gasteiger partial charge in [-0.1, -0.05) is 30.3 Å². The molecule has 0 saturated heterocycles. The summed E-state index contributed by atoms with van der Waals surface area (Å²) >= 11 is 1.59. The van der Waals surface area contributed by atoms with Crippen molar-refractivity contribution in [3.05, 3.63) is 66.0 Å². The van der Waals surface area contributed by atoms with E-state index in [4.69, 9.17) is 0 Å². The van der Waals surface area contributed by atoms with Crippen LogP contribution in [-0.4, -0.2) is 22.4 Å². The van der Waals surface area contributed by atoms with Gasteiger partial charge in [0.2, 0.25) is 0 Å². The number of nitrogens with one attached hydrogen (secondary N) is 1. The number of aromatic nitrogens is 1. The van der Waals surface area contributed by atoms with Crippen molar-refractivity contribution >= 4 is 23.9 Å². The number of hydrogen-bond donors (Lipinski definition) is 1. The first-order chi connectivity index (χ1) is 10.3. The molecule has 0 aliphatic heterocycles. The molecule has 0 radical (unpaired) electrons. The van der Waals surface area contributed by atoms with Crippen LogP contribution in [0.4, 0.5) is 0 Å². The molecule has 1 heterocycles. The lowest BCUT2D eigenvalue weighted by Gasteiger charge is -2.09. The van der Waals surface area contributed by atoms with E-state index in [2.05, 4.69) is 27.6 Å². The second kappa shape index (κ2) is 8.21. The van der Waals surface area contributed by atoms with Gasteiger partial charge in [-0.05, 0) is 30.2 Å². The Bertz CT molecular complexity index is 587. The summed E-state index contributed by atoms with van der Waals surface area (Å²) in [5.74, 6) is 0.713. The van der Waals surface area contributed by atoms with Gasteiger partial charge in [0.1, 0.15) is 0 Å². The summed E-state index contributed by atoms with van der Waals surface area (Å²) in [6.07, 6.45) is 4.97. The average Bonchev–Trinajstić information content (AvgIpc) is 2.54. The Morgan fingerprint density at radius 1 is 1.29 bits per heavy atom. The highest BCUT2D eigenvalue weighted by molar-refractivity contribution is 7.99. The van der Waals surface area contributed by atoms with Gasteiger partial charge in [0.25, 0.3) is 5.91 Å². The van der Waals surface area contributed by atoms with Gasteiger partial charge >= 0.3 is 0 Å². The van der Waals surface area contributed by atoms with Crippen molar-refractivity contribution in [2.45, 2.75) is 17.9 Å². The van der Waals surface area contributed by atoms with Gasteiger partial charge in [0.15, 0.2) is 0 Å². The van der Waals surface area contributed by atoms with Gasteiger partial charge in [-0.3, -0.25) is 9.78 Å². The third-order valence-corrected chi connectivity index (χ3v) is 4.02. The molecule has 4 nitrogen and oxygen atoms in total. The molecule has 1 aromatic carbocycles. The minimum atomic E-state index is -0.153. The van der Waals surface area contributed by atoms with Crippen molar-refractivity contribution in [1.29, 1.82) is 0 Å². The van der Waals surface area contributed by atoms with Crippen LogP contribution < -0.4 is 5.43 Å². The Morgan fingerprint density at radius 3 is 2.71 bits per heavy atom. The second-order valence-corrected chi connectivity index (χ2v) is 5.78. The summed E-state index contributed by atoms with van der Waals surface area (Å²) in [4.78, 5) is 15.8. The molecule has 0 spiro atoms. The minimum Gasteiger partial charge on any atom is -0.272 e. The third-order valence-electron chi connectivity index (χ3n) is 2.81. The first-order valence-corrected chi connectivity index (χ1v) is 7.69. The minimum absolute atomic E-state index is 0.0961. The van der Waals surface area contributed by atoms with E-state index in [1.54, 1.807) is 30.4 Å². The predicted octanol–water partition coefficient (Wildman–Crippen LogP) is 2.85. The fourth-order valence-corrected chi connectivity index (χ4v) is 2.42. The van der Waals surface area contributed by atoms with E-state index < -0.39 is 0 Å². The Hall–Kier alpha value is -2.14. The van der Waals surface area contributed by atoms with Gasteiger partial charge in [0, 0.05) is 18.1 Å². The number of carbonyl (C=O) groups is 1. The SMILES string of the molecule is C[C@H](SCc1ccccc1)C(=O)N/N=C\c1ccncc1. The Labute approximate surface area is 128 Å². The number of rotatable bonds is 6. The summed E-state index contributed by atoms with van der Waals surface area (Å²) in [7, 11) is 0. The summed E-state index contributed by atoms with van der Waals surface area (Å²) in [5, 5.41) is 3.80. The molecule has 5 heteroatoms. The fraction of sp³-hybridized carbons (Fsp3) is 0.188. The molecular formula is C16H17N3OS. The fourth-order valence-electron chi connectivity index (χ4n) is 1.58. The van der Waals surface area contributed by atoms with Crippen molar-refractivity contribution in [3.63, 3.8) is 0 Å². The van der Waals surface area contributed by atoms with Crippen LogP contribution in [-0.2, 0) is 10.5 Å². The van der Waals surface area contributed by atoms with Crippen molar-refractivity contribution in [2.24, 2.45) is 5.10 Å². The quantitative estimate of drug-likeness (QED) is 0.659. The zero-order valence-corrected chi connectivity index (χ0v) is 12.6. The molecule has 2 aromatic rings. The second-order valence-electron chi connectivity index (χ2n) is 4.45. The Balaban J connectivity index is 1.76. The van der Waals surface area contributed by atoms with Gasteiger partial charge in [-0.25, -0.2) is 5.43 Å². The highest BCUT2D eigenvalue weighted by Gasteiger charge is 2.12. The molecule has 1 amide bonds. The molecule has 1 aromatic heterocycles. The predicted molar refractivity (Wildman–Crippen MR) is 87.2 cm³/mol. The van der Waals surface area contributed by atoms with Crippen molar-refractivity contribution in [3.8, 4) is 0 Å². The summed E-state index contributed by atoms with van der Waals surface area (Å²) in [6.45, 7) is 1.88. The molecule has 1 atom stereocenters. The Morgan fingerprint density at radius 2 is 2.00 bits per heavy atom. The highest BCUT2D eigenvalue weighted by Crippen LogP contribution is 2.17. The maximum Gasteiger partial charge on any atom is 0.252 e. The molecule has 0 aliphatic rings. The number of hydrazone groups is 1. The van der Waals surface area contributed by atoms with Crippen LogP contribution in [0.15, 0.2) is 60.0 Å². The standard InChI is InChI=1S/C16H17N3OS/c1-13(21-12-15-5-3-2-4-6-15)16(20)19-18-11-14-7-9-17-10-8-14/h2-11,13H,12H2,1H3,(H,19,20)/b18-11-/t13-/m0/s1. The molecule has 108 valence electrons. The Kier molecular flexibility index (Phi) is 5.97. The van der Waals surface area contributed by atoms with E-state index in [0.29, 0.717) is 0 Å². The van der Waals surface area contributed by atoms with E-state index in [-0.39, 0.29) is 11.2 Å². The topological polar surface area (TPSA) is 54.4 Å². The largest absolute Gasteiger partial charge is 0.272 e. The van der Waals surface area contributed by atoms with Gasteiger partial charge in [0.05, 0.1) is 11.5 Å². The lowest BCUT2D eigenvalue weighted by Crippen LogP contribution is -2.26. The lowest BCUT2D eigenvalue weighted by molar-refractivity contribution is -0.120. The molecule has 1 N–H and O–H groups in total.